The van der Waals surface area contributed by atoms with Crippen LogP contribution in [0.1, 0.15) is 11.1 Å². The number of hydrogen-bond donors (Lipinski definition) is 1. The van der Waals surface area contributed by atoms with Gasteiger partial charge in [0.25, 0.3) is 0 Å². The van der Waals surface area contributed by atoms with E-state index in [1.807, 2.05) is 30.1 Å². The topological polar surface area (TPSA) is 42.2 Å². The van der Waals surface area contributed by atoms with E-state index in [0.717, 1.165) is 17.1 Å². The number of nitrogens with zero attached hydrogens (tertiary/aromatic N) is 2. The number of rotatable bonds is 3. The van der Waals surface area contributed by atoms with Gasteiger partial charge < -0.3 is 10.6 Å². The first-order valence-corrected chi connectivity index (χ1v) is 6.15. The highest BCUT2D eigenvalue weighted by Gasteiger charge is 2.12. The van der Waals surface area contributed by atoms with Crippen LogP contribution in [0.5, 0.6) is 0 Å². The molecule has 3 nitrogen and oxygen atoms in total. The van der Waals surface area contributed by atoms with E-state index >= 15 is 0 Å². The SMILES string of the molecule is Cc1ccc(N(C)c2nccc(CN)c2Cl)cc1. The number of anilines is 2. The second kappa shape index (κ2) is 5.38. The van der Waals surface area contributed by atoms with Gasteiger partial charge in [0.2, 0.25) is 0 Å². The van der Waals surface area contributed by atoms with Crippen molar-refractivity contribution in [2.24, 2.45) is 5.73 Å². The van der Waals surface area contributed by atoms with Crippen LogP contribution in [0.15, 0.2) is 36.5 Å². The minimum Gasteiger partial charge on any atom is -0.328 e. The minimum atomic E-state index is 0.413. The first kappa shape index (κ1) is 12.9. The fourth-order valence-corrected chi connectivity index (χ4v) is 2.07. The zero-order chi connectivity index (χ0) is 13.1. The van der Waals surface area contributed by atoms with Crippen molar-refractivity contribution in [2.75, 3.05) is 11.9 Å². The van der Waals surface area contributed by atoms with Crippen LogP contribution in [0.2, 0.25) is 5.02 Å². The molecule has 2 N–H and O–H groups in total. The molecule has 0 spiro atoms. The smallest absolute Gasteiger partial charge is 0.151 e. The number of pyridine rings is 1. The van der Waals surface area contributed by atoms with E-state index in [2.05, 4.69) is 24.0 Å². The maximum atomic E-state index is 6.30. The van der Waals surface area contributed by atoms with Gasteiger partial charge in [0.05, 0.1) is 5.02 Å². The summed E-state index contributed by atoms with van der Waals surface area (Å²) in [6, 6.07) is 10.1. The normalized spacial score (nSPS) is 10.4. The number of aryl methyl sites for hydroxylation is 1. The molecule has 2 rings (SSSR count). The fourth-order valence-electron chi connectivity index (χ4n) is 1.75. The van der Waals surface area contributed by atoms with Gasteiger partial charge in [-0.25, -0.2) is 4.98 Å². The Morgan fingerprint density at radius 2 is 1.89 bits per heavy atom. The molecule has 1 aromatic carbocycles. The third kappa shape index (κ3) is 2.47. The lowest BCUT2D eigenvalue weighted by atomic mass is 10.2. The largest absolute Gasteiger partial charge is 0.328 e. The van der Waals surface area contributed by atoms with E-state index in [4.69, 9.17) is 17.3 Å². The van der Waals surface area contributed by atoms with Crippen LogP contribution in [0, 0.1) is 6.92 Å². The van der Waals surface area contributed by atoms with Gasteiger partial charge in [-0.1, -0.05) is 29.3 Å². The number of benzene rings is 1. The Balaban J connectivity index is 2.39. The lowest BCUT2D eigenvalue weighted by Gasteiger charge is -2.20. The molecule has 0 amide bonds. The van der Waals surface area contributed by atoms with Crippen LogP contribution in [0.25, 0.3) is 0 Å². The molecule has 0 aliphatic rings. The standard InChI is InChI=1S/C14H16ClN3/c1-10-3-5-12(6-4-10)18(2)14-13(15)11(9-16)7-8-17-14/h3-8H,9,16H2,1-2H3. The Kier molecular flexibility index (Phi) is 3.84. The number of hydrogen-bond acceptors (Lipinski definition) is 3. The van der Waals surface area contributed by atoms with Crippen molar-refractivity contribution >= 4 is 23.1 Å². The molecular formula is C14H16ClN3. The summed E-state index contributed by atoms with van der Waals surface area (Å²) in [5.74, 6) is 0.725. The Bertz CT molecular complexity index is 537. The quantitative estimate of drug-likeness (QED) is 0.922. The Hall–Kier alpha value is -1.58. The summed E-state index contributed by atoms with van der Waals surface area (Å²) in [5, 5.41) is 0.614. The predicted molar refractivity (Wildman–Crippen MR) is 76.4 cm³/mol. The predicted octanol–water partition coefficient (Wildman–Crippen LogP) is 3.27. The van der Waals surface area contributed by atoms with Crippen LogP contribution in [-0.2, 0) is 6.54 Å². The lowest BCUT2D eigenvalue weighted by Crippen LogP contribution is -2.13. The Labute approximate surface area is 112 Å². The van der Waals surface area contributed by atoms with Gasteiger partial charge in [-0.3, -0.25) is 0 Å². The van der Waals surface area contributed by atoms with Gasteiger partial charge in [0.1, 0.15) is 0 Å². The van der Waals surface area contributed by atoms with E-state index < -0.39 is 0 Å². The second-order valence-corrected chi connectivity index (χ2v) is 4.58. The van der Waals surface area contributed by atoms with Crippen molar-refractivity contribution < 1.29 is 0 Å². The summed E-state index contributed by atoms with van der Waals surface area (Å²) in [6.07, 6.45) is 1.73. The van der Waals surface area contributed by atoms with E-state index in [1.54, 1.807) is 6.20 Å². The molecule has 1 aromatic heterocycles. The molecule has 1 heterocycles. The second-order valence-electron chi connectivity index (χ2n) is 4.21. The molecule has 94 valence electrons. The summed E-state index contributed by atoms with van der Waals surface area (Å²) in [6.45, 7) is 2.47. The van der Waals surface area contributed by atoms with Gasteiger partial charge in [0, 0.05) is 25.5 Å². The molecule has 18 heavy (non-hydrogen) atoms. The minimum absolute atomic E-state index is 0.413. The molecule has 0 unspecified atom stereocenters. The van der Waals surface area contributed by atoms with Crippen LogP contribution >= 0.6 is 11.6 Å². The molecule has 0 fully saturated rings. The summed E-state index contributed by atoms with van der Waals surface area (Å²) >= 11 is 6.30. The van der Waals surface area contributed by atoms with E-state index in [9.17, 15) is 0 Å². The molecule has 0 saturated carbocycles. The van der Waals surface area contributed by atoms with Crippen molar-refractivity contribution in [3.05, 3.63) is 52.7 Å². The molecule has 0 bridgehead atoms. The van der Waals surface area contributed by atoms with Crippen molar-refractivity contribution in [3.63, 3.8) is 0 Å². The van der Waals surface area contributed by atoms with E-state index in [0.29, 0.717) is 11.6 Å². The molecule has 4 heteroatoms. The van der Waals surface area contributed by atoms with Gasteiger partial charge in [0.15, 0.2) is 5.82 Å². The zero-order valence-corrected chi connectivity index (χ0v) is 11.3. The Morgan fingerprint density at radius 1 is 1.22 bits per heavy atom. The maximum absolute atomic E-state index is 6.30. The molecule has 0 saturated heterocycles. The lowest BCUT2D eigenvalue weighted by molar-refractivity contribution is 1.04. The maximum Gasteiger partial charge on any atom is 0.151 e. The van der Waals surface area contributed by atoms with E-state index in [-0.39, 0.29) is 0 Å². The van der Waals surface area contributed by atoms with Gasteiger partial charge >= 0.3 is 0 Å². The van der Waals surface area contributed by atoms with Crippen molar-refractivity contribution in [2.45, 2.75) is 13.5 Å². The highest BCUT2D eigenvalue weighted by atomic mass is 35.5. The summed E-state index contributed by atoms with van der Waals surface area (Å²) in [4.78, 5) is 6.28. The van der Waals surface area contributed by atoms with Crippen molar-refractivity contribution in [1.29, 1.82) is 0 Å². The number of halogens is 1. The van der Waals surface area contributed by atoms with E-state index in [1.165, 1.54) is 5.56 Å². The summed E-state index contributed by atoms with van der Waals surface area (Å²) in [7, 11) is 1.94. The zero-order valence-electron chi connectivity index (χ0n) is 10.5. The van der Waals surface area contributed by atoms with Crippen LogP contribution in [0.3, 0.4) is 0 Å². The monoisotopic (exact) mass is 261 g/mol. The van der Waals surface area contributed by atoms with Crippen molar-refractivity contribution in [1.82, 2.24) is 4.98 Å². The molecular weight excluding hydrogens is 246 g/mol. The first-order valence-electron chi connectivity index (χ1n) is 5.77. The molecule has 0 radical (unpaired) electrons. The molecule has 0 aliphatic heterocycles. The number of nitrogens with two attached hydrogens (primary N) is 1. The summed E-state index contributed by atoms with van der Waals surface area (Å²) in [5.41, 5.74) is 8.82. The molecule has 0 aliphatic carbocycles. The molecule has 2 aromatic rings. The Morgan fingerprint density at radius 3 is 2.50 bits per heavy atom. The first-order chi connectivity index (χ1) is 8.63. The average Bonchev–Trinajstić information content (AvgIpc) is 2.39. The fraction of sp³-hybridized carbons (Fsp3) is 0.214. The van der Waals surface area contributed by atoms with Crippen LogP contribution in [0.4, 0.5) is 11.5 Å². The van der Waals surface area contributed by atoms with Gasteiger partial charge in [-0.15, -0.1) is 0 Å². The summed E-state index contributed by atoms with van der Waals surface area (Å²) < 4.78 is 0. The van der Waals surface area contributed by atoms with Crippen LogP contribution < -0.4 is 10.6 Å². The van der Waals surface area contributed by atoms with Crippen LogP contribution in [-0.4, -0.2) is 12.0 Å². The van der Waals surface area contributed by atoms with Crippen molar-refractivity contribution in [3.8, 4) is 0 Å². The third-order valence-electron chi connectivity index (χ3n) is 2.91. The van der Waals surface area contributed by atoms with Gasteiger partial charge in [-0.2, -0.15) is 0 Å². The number of aromatic nitrogens is 1. The molecule has 0 atom stereocenters. The highest BCUT2D eigenvalue weighted by Crippen LogP contribution is 2.30. The highest BCUT2D eigenvalue weighted by molar-refractivity contribution is 6.33. The van der Waals surface area contributed by atoms with Gasteiger partial charge in [-0.05, 0) is 30.7 Å². The average molecular weight is 262 g/mol. The third-order valence-corrected chi connectivity index (χ3v) is 3.32.